The third kappa shape index (κ3) is 31.8. The lowest BCUT2D eigenvalue weighted by molar-refractivity contribution is -0.287. The highest BCUT2D eigenvalue weighted by atomic mass is 16.7. The van der Waals surface area contributed by atoms with Crippen molar-refractivity contribution in [3.05, 3.63) is 0 Å². The fourth-order valence-corrected chi connectivity index (χ4v) is 10.7. The van der Waals surface area contributed by atoms with Gasteiger partial charge in [0.25, 0.3) is 0 Å². The molecule has 15 unspecified atom stereocenters. The number of Topliss-reactive ketones (excluding diaryl/α,β-unsaturated/α-hetero) is 2. The van der Waals surface area contributed by atoms with E-state index in [9.17, 15) is 67.1 Å². The van der Waals surface area contributed by atoms with Gasteiger partial charge < -0.3 is 87.6 Å². The first-order valence-corrected chi connectivity index (χ1v) is 32.3. The van der Waals surface area contributed by atoms with Gasteiger partial charge in [0, 0.05) is 137 Å². The molecule has 4 amide bonds. The zero-order valence-corrected chi connectivity index (χ0v) is 58.0. The summed E-state index contributed by atoms with van der Waals surface area (Å²) in [5, 5.41) is 10.8. The van der Waals surface area contributed by atoms with Crippen molar-refractivity contribution >= 4 is 82.9 Å². The third-order valence-corrected chi connectivity index (χ3v) is 15.5. The van der Waals surface area contributed by atoms with Crippen molar-refractivity contribution in [2.75, 3.05) is 98.5 Å². The largest absolute Gasteiger partial charge is 0.463 e. The number of nitrogens with one attached hydrogen (secondary N) is 4. The van der Waals surface area contributed by atoms with E-state index in [1.54, 1.807) is 32.6 Å². The molecular weight excluding hydrogens is 1290 g/mol. The Kier molecular flexibility index (Phi) is 37.3. The first-order chi connectivity index (χ1) is 45.6. The monoisotopic (exact) mass is 1390 g/mol. The lowest BCUT2D eigenvalue weighted by Crippen LogP contribution is -2.58. The van der Waals surface area contributed by atoms with Gasteiger partial charge in [-0.3, -0.25) is 76.9 Å². The van der Waals surface area contributed by atoms with Gasteiger partial charge in [-0.15, -0.1) is 0 Å². The summed E-state index contributed by atoms with van der Waals surface area (Å²) in [6.45, 7) is 17.2. The van der Waals surface area contributed by atoms with Crippen molar-refractivity contribution in [3.63, 3.8) is 0 Å². The van der Waals surface area contributed by atoms with Crippen LogP contribution in [0.1, 0.15) is 123 Å². The van der Waals surface area contributed by atoms with Gasteiger partial charge in [-0.1, -0.05) is 27.7 Å². The molecule has 0 saturated carbocycles. The third-order valence-electron chi connectivity index (χ3n) is 15.5. The summed E-state index contributed by atoms with van der Waals surface area (Å²) in [6.07, 6.45) is -11.1. The smallest absolute Gasteiger partial charge is 0.303 e. The SMILES string of the molecule is CC(=O)OCC1OC(OCC(=O)CCCNC(=O)CN(CCN(CC(=O)CCCNC(=O)COC2OC(COC(C)=O)C(OC(C)=O)C(OC(C)=O)C2C)CC(=O)NCCNC(=O)COC2OC(COC(C)=O)C(OC(C)=O)C(OC(C)=O)C2C)C(C)C)C(C)C(OC(C)=O)C1C. The zero-order chi connectivity index (χ0) is 72.6. The number of amides is 4. The maximum absolute atomic E-state index is 13.6. The molecule has 97 heavy (non-hydrogen) atoms. The van der Waals surface area contributed by atoms with Crippen LogP contribution < -0.4 is 21.3 Å². The fraction of sp³-hybridized carbons (Fsp3) is 0.778. The number of nitrogens with zero attached hydrogens (tertiary/aromatic N) is 2. The van der Waals surface area contributed by atoms with Crippen LogP contribution in [0.4, 0.5) is 0 Å². The topological polar surface area (TPSA) is 423 Å². The lowest BCUT2D eigenvalue weighted by atomic mass is 9.85. The number of esters is 8. The Morgan fingerprint density at radius 1 is 0.371 bits per heavy atom. The van der Waals surface area contributed by atoms with E-state index in [0.717, 1.165) is 41.5 Å². The number of ketones is 2. The van der Waals surface area contributed by atoms with E-state index in [0.29, 0.717) is 0 Å². The molecule has 0 aliphatic carbocycles. The molecule has 3 heterocycles. The van der Waals surface area contributed by atoms with Gasteiger partial charge in [0.1, 0.15) is 82.0 Å². The number of ether oxygens (including phenoxy) is 14. The van der Waals surface area contributed by atoms with Crippen molar-refractivity contribution in [2.24, 2.45) is 23.7 Å². The summed E-state index contributed by atoms with van der Waals surface area (Å²) in [5.74, 6) is -10.3. The minimum atomic E-state index is -1.20. The molecule has 550 valence electrons. The zero-order valence-electron chi connectivity index (χ0n) is 58.0. The van der Waals surface area contributed by atoms with E-state index in [4.69, 9.17) is 66.3 Å². The van der Waals surface area contributed by atoms with Gasteiger partial charge in [0.2, 0.25) is 23.6 Å². The van der Waals surface area contributed by atoms with Gasteiger partial charge in [0.05, 0.1) is 19.6 Å². The van der Waals surface area contributed by atoms with Crippen LogP contribution in [0.15, 0.2) is 0 Å². The van der Waals surface area contributed by atoms with E-state index < -0.39 is 177 Å². The van der Waals surface area contributed by atoms with Crippen LogP contribution >= 0.6 is 0 Å². The van der Waals surface area contributed by atoms with Gasteiger partial charge in [-0.25, -0.2) is 0 Å². The highest BCUT2D eigenvalue weighted by Gasteiger charge is 2.51. The maximum atomic E-state index is 13.6. The first-order valence-electron chi connectivity index (χ1n) is 32.3. The highest BCUT2D eigenvalue weighted by Crippen LogP contribution is 2.35. The number of carbonyl (C=O) groups is 14. The standard InChI is InChI=1S/C63H100N6O28/c1-34(2)69(27-53(81)64-19-16-18-48(79)28-87-61-36(4)56(90-42(10)73)35(3)49(95-61)29-84-39(7)70)24-23-68(25-47(78)17-15-20-65-54(82)32-88-62-37(5)57(91-43(11)74)59(93-45(13)76)50(96-62)30-85-40(8)71)26-52(80)66-21-22-67-55(83)33-89-63-38(6)58(92-44(12)75)60(94-46(14)77)51(97-63)31-86-41(9)72/h34-38,49-51,56-63H,15-33H2,1-14H3,(H,64,81)(H,65,82)(H,66,80)(H,67,83). The van der Waals surface area contributed by atoms with Crippen LogP contribution in [0.2, 0.25) is 0 Å². The van der Waals surface area contributed by atoms with E-state index in [2.05, 4.69) is 21.3 Å². The van der Waals surface area contributed by atoms with Crippen molar-refractivity contribution in [3.8, 4) is 0 Å². The summed E-state index contributed by atoms with van der Waals surface area (Å²) in [5.41, 5.74) is 0. The molecule has 0 aromatic carbocycles. The molecule has 4 N–H and O–H groups in total. The second-order valence-electron chi connectivity index (χ2n) is 24.2. The molecule has 0 bridgehead atoms. The molecule has 15 atom stereocenters. The Morgan fingerprint density at radius 3 is 1.15 bits per heavy atom. The molecule has 3 rings (SSSR count). The van der Waals surface area contributed by atoms with E-state index in [-0.39, 0.29) is 127 Å². The average molecular weight is 1390 g/mol. The summed E-state index contributed by atoms with van der Waals surface area (Å²) in [4.78, 5) is 178. The molecule has 0 spiro atoms. The minimum absolute atomic E-state index is 0.0207. The molecule has 3 aliphatic heterocycles. The quantitative estimate of drug-likeness (QED) is 0.0333. The Balaban J connectivity index is 1.62. The van der Waals surface area contributed by atoms with Crippen molar-refractivity contribution in [2.45, 2.75) is 196 Å². The number of hydrogen-bond acceptors (Lipinski definition) is 30. The van der Waals surface area contributed by atoms with Gasteiger partial charge in [-0.05, 0) is 26.7 Å². The Labute approximate surface area is 564 Å². The van der Waals surface area contributed by atoms with Crippen LogP contribution in [0.3, 0.4) is 0 Å². The highest BCUT2D eigenvalue weighted by molar-refractivity contribution is 5.83. The molecule has 34 nitrogen and oxygen atoms in total. The molecule has 3 aliphatic rings. The Morgan fingerprint density at radius 2 is 0.722 bits per heavy atom. The predicted molar refractivity (Wildman–Crippen MR) is 332 cm³/mol. The number of hydrogen-bond donors (Lipinski definition) is 4. The normalized spacial score (nSPS) is 25.3. The number of rotatable bonds is 41. The summed E-state index contributed by atoms with van der Waals surface area (Å²) in [6, 6.07) is -0.205. The van der Waals surface area contributed by atoms with E-state index in [1.807, 2.05) is 18.7 Å². The second kappa shape index (κ2) is 43.1. The van der Waals surface area contributed by atoms with Crippen LogP contribution in [0.5, 0.6) is 0 Å². The van der Waals surface area contributed by atoms with Gasteiger partial charge in [0.15, 0.2) is 36.9 Å². The first kappa shape index (κ1) is 83.9. The Bertz CT molecular complexity index is 2550. The maximum Gasteiger partial charge on any atom is 0.303 e. The summed E-state index contributed by atoms with van der Waals surface area (Å²) < 4.78 is 77.9. The lowest BCUT2D eigenvalue weighted by Gasteiger charge is -2.43. The molecule has 34 heteroatoms. The fourth-order valence-electron chi connectivity index (χ4n) is 10.7. The molecular formula is C63H100N6O28. The van der Waals surface area contributed by atoms with E-state index in [1.165, 1.54) is 13.8 Å². The minimum Gasteiger partial charge on any atom is -0.463 e. The van der Waals surface area contributed by atoms with Crippen molar-refractivity contribution < 1.29 is 133 Å². The Hall–Kier alpha value is -7.34. The van der Waals surface area contributed by atoms with Crippen LogP contribution in [0, 0.1) is 23.7 Å². The average Bonchev–Trinajstić information content (AvgIpc) is 0.814. The molecule has 0 radical (unpaired) electrons. The van der Waals surface area contributed by atoms with Crippen LogP contribution in [-0.4, -0.2) is 265 Å². The molecule has 0 aromatic heterocycles. The van der Waals surface area contributed by atoms with Crippen LogP contribution in [0.25, 0.3) is 0 Å². The van der Waals surface area contributed by atoms with Crippen molar-refractivity contribution in [1.82, 2.24) is 31.1 Å². The molecule has 3 fully saturated rings. The van der Waals surface area contributed by atoms with Crippen LogP contribution in [-0.2, 0) is 133 Å². The van der Waals surface area contributed by atoms with Gasteiger partial charge in [-0.2, -0.15) is 0 Å². The second-order valence-corrected chi connectivity index (χ2v) is 24.2. The van der Waals surface area contributed by atoms with Crippen molar-refractivity contribution in [1.29, 1.82) is 0 Å². The van der Waals surface area contributed by atoms with Gasteiger partial charge >= 0.3 is 47.8 Å². The summed E-state index contributed by atoms with van der Waals surface area (Å²) >= 11 is 0. The number of carbonyl (C=O) groups excluding carboxylic acids is 14. The van der Waals surface area contributed by atoms with E-state index >= 15 is 0 Å². The predicted octanol–water partition coefficient (Wildman–Crippen LogP) is -0.721. The molecule has 3 saturated heterocycles. The summed E-state index contributed by atoms with van der Waals surface area (Å²) in [7, 11) is 0. The molecule has 0 aromatic rings.